The van der Waals surface area contributed by atoms with Gasteiger partial charge in [0, 0.05) is 4.88 Å². The first-order valence-electron chi connectivity index (χ1n) is 6.72. The van der Waals surface area contributed by atoms with Gasteiger partial charge in [-0.25, -0.2) is 4.79 Å². The molecule has 0 aliphatic heterocycles. The van der Waals surface area contributed by atoms with Crippen LogP contribution in [0.25, 0.3) is 0 Å². The molecule has 122 valence electrons. The summed E-state index contributed by atoms with van der Waals surface area (Å²) in [7, 11) is 4.26. The van der Waals surface area contributed by atoms with Gasteiger partial charge >= 0.3 is 5.97 Å². The Morgan fingerprint density at radius 2 is 1.83 bits per heavy atom. The van der Waals surface area contributed by atoms with Crippen LogP contribution in [0.5, 0.6) is 11.5 Å². The number of benzene rings is 1. The lowest BCUT2D eigenvalue weighted by atomic mass is 10.1. The maximum absolute atomic E-state index is 12.5. The van der Waals surface area contributed by atoms with Gasteiger partial charge in [0.1, 0.15) is 5.00 Å². The van der Waals surface area contributed by atoms with Crippen molar-refractivity contribution in [2.45, 2.75) is 6.92 Å². The van der Waals surface area contributed by atoms with Gasteiger partial charge < -0.3 is 19.5 Å². The number of thiophene rings is 1. The van der Waals surface area contributed by atoms with Crippen LogP contribution >= 0.6 is 11.3 Å². The maximum Gasteiger partial charge on any atom is 0.340 e. The lowest BCUT2D eigenvalue weighted by Crippen LogP contribution is -2.15. The Morgan fingerprint density at radius 1 is 1.09 bits per heavy atom. The van der Waals surface area contributed by atoms with E-state index in [1.165, 1.54) is 32.7 Å². The summed E-state index contributed by atoms with van der Waals surface area (Å²) in [6.45, 7) is 1.85. The van der Waals surface area contributed by atoms with Gasteiger partial charge in [0.15, 0.2) is 11.5 Å². The number of nitrogens with one attached hydrogen (secondary N) is 1. The van der Waals surface area contributed by atoms with Gasteiger partial charge in [-0.3, -0.25) is 4.79 Å². The zero-order valence-corrected chi connectivity index (χ0v) is 14.1. The van der Waals surface area contributed by atoms with E-state index in [9.17, 15) is 9.59 Å². The number of aryl methyl sites for hydroxylation is 1. The summed E-state index contributed by atoms with van der Waals surface area (Å²) in [5.41, 5.74) is 0.638. The van der Waals surface area contributed by atoms with Crippen molar-refractivity contribution in [3.8, 4) is 11.5 Å². The van der Waals surface area contributed by atoms with Crippen LogP contribution in [0.2, 0.25) is 0 Å². The molecule has 0 unspecified atom stereocenters. The summed E-state index contributed by atoms with van der Waals surface area (Å²) in [6.07, 6.45) is 0. The molecule has 0 atom stereocenters. The zero-order valence-electron chi connectivity index (χ0n) is 13.3. The molecule has 7 heteroatoms. The molecule has 1 aromatic heterocycles. The molecule has 0 bridgehead atoms. The average Bonchev–Trinajstić information content (AvgIpc) is 2.93. The molecular weight excluding hydrogens is 318 g/mol. The van der Waals surface area contributed by atoms with Gasteiger partial charge in [0.25, 0.3) is 5.91 Å². The number of amides is 1. The van der Waals surface area contributed by atoms with E-state index in [-0.39, 0.29) is 0 Å². The van der Waals surface area contributed by atoms with Crippen molar-refractivity contribution in [1.82, 2.24) is 0 Å². The van der Waals surface area contributed by atoms with Gasteiger partial charge in [0.05, 0.1) is 32.5 Å². The molecule has 2 rings (SSSR count). The van der Waals surface area contributed by atoms with Crippen LogP contribution in [0.3, 0.4) is 0 Å². The van der Waals surface area contributed by atoms with E-state index in [1.807, 2.05) is 6.92 Å². The number of esters is 1. The summed E-state index contributed by atoms with van der Waals surface area (Å²) in [5.74, 6) is -0.105. The van der Waals surface area contributed by atoms with E-state index >= 15 is 0 Å². The zero-order chi connectivity index (χ0) is 17.0. The van der Waals surface area contributed by atoms with Crippen LogP contribution < -0.4 is 14.8 Å². The first kappa shape index (κ1) is 16.8. The van der Waals surface area contributed by atoms with Crippen molar-refractivity contribution in [3.63, 3.8) is 0 Å². The molecule has 0 spiro atoms. The van der Waals surface area contributed by atoms with E-state index in [2.05, 4.69) is 5.32 Å². The topological polar surface area (TPSA) is 73.9 Å². The fourth-order valence-corrected chi connectivity index (χ4v) is 3.00. The first-order valence-corrected chi connectivity index (χ1v) is 7.54. The van der Waals surface area contributed by atoms with Gasteiger partial charge in [-0.05, 0) is 25.1 Å². The Bertz CT molecular complexity index is 738. The Labute approximate surface area is 138 Å². The second kappa shape index (κ2) is 7.15. The smallest absolute Gasteiger partial charge is 0.340 e. The molecule has 23 heavy (non-hydrogen) atoms. The van der Waals surface area contributed by atoms with Crippen LogP contribution in [0.1, 0.15) is 25.6 Å². The van der Waals surface area contributed by atoms with Crippen LogP contribution in [0, 0.1) is 6.92 Å². The SMILES string of the molecule is COC(=O)c1cc(C)sc1NC(=O)c1cccc(OC)c1OC. The highest BCUT2D eigenvalue weighted by Gasteiger charge is 2.21. The molecule has 0 radical (unpaired) electrons. The largest absolute Gasteiger partial charge is 0.493 e. The van der Waals surface area contributed by atoms with E-state index in [4.69, 9.17) is 14.2 Å². The minimum Gasteiger partial charge on any atom is -0.493 e. The third-order valence-corrected chi connectivity index (χ3v) is 4.10. The highest BCUT2D eigenvalue weighted by Crippen LogP contribution is 2.33. The Morgan fingerprint density at radius 3 is 2.43 bits per heavy atom. The van der Waals surface area contributed by atoms with Gasteiger partial charge in [-0.2, -0.15) is 0 Å². The van der Waals surface area contributed by atoms with Crippen LogP contribution in [0.15, 0.2) is 24.3 Å². The molecule has 1 aromatic carbocycles. The molecule has 6 nitrogen and oxygen atoms in total. The normalized spacial score (nSPS) is 10.1. The summed E-state index contributed by atoms with van der Waals surface area (Å²) in [5, 5.41) is 3.17. The van der Waals surface area contributed by atoms with Crippen molar-refractivity contribution < 1.29 is 23.8 Å². The van der Waals surface area contributed by atoms with E-state index in [0.717, 1.165) is 4.88 Å². The minimum absolute atomic E-state index is 0.314. The predicted molar refractivity (Wildman–Crippen MR) is 87.9 cm³/mol. The number of carbonyl (C=O) groups is 2. The molecule has 1 amide bonds. The summed E-state index contributed by atoms with van der Waals surface area (Å²) in [4.78, 5) is 25.2. The number of anilines is 1. The van der Waals surface area contributed by atoms with Crippen molar-refractivity contribution in [2.75, 3.05) is 26.6 Å². The number of rotatable bonds is 5. The fourth-order valence-electron chi connectivity index (χ4n) is 2.11. The highest BCUT2D eigenvalue weighted by molar-refractivity contribution is 7.16. The number of hydrogen-bond acceptors (Lipinski definition) is 6. The number of ether oxygens (including phenoxy) is 3. The maximum atomic E-state index is 12.5. The van der Waals surface area contributed by atoms with Crippen LogP contribution in [-0.2, 0) is 4.74 Å². The van der Waals surface area contributed by atoms with E-state index < -0.39 is 11.9 Å². The second-order valence-electron chi connectivity index (χ2n) is 4.59. The molecule has 0 aliphatic rings. The summed E-state index contributed by atoms with van der Waals surface area (Å²) in [6, 6.07) is 6.69. The number of methoxy groups -OCH3 is 3. The van der Waals surface area contributed by atoms with E-state index in [0.29, 0.717) is 27.6 Å². The van der Waals surface area contributed by atoms with Crippen molar-refractivity contribution in [2.24, 2.45) is 0 Å². The monoisotopic (exact) mass is 335 g/mol. The molecule has 1 N–H and O–H groups in total. The standard InChI is InChI=1S/C16H17NO5S/c1-9-8-11(16(19)22-4)15(23-9)17-14(18)10-6-5-7-12(20-2)13(10)21-3/h5-8H,1-4H3,(H,17,18). The van der Waals surface area contributed by atoms with Gasteiger partial charge in [-0.15, -0.1) is 11.3 Å². The summed E-state index contributed by atoms with van der Waals surface area (Å²) >= 11 is 1.30. The van der Waals surface area contributed by atoms with Crippen molar-refractivity contribution >= 4 is 28.2 Å². The minimum atomic E-state index is -0.498. The third-order valence-electron chi connectivity index (χ3n) is 3.14. The predicted octanol–water partition coefficient (Wildman–Crippen LogP) is 3.11. The molecule has 0 saturated heterocycles. The van der Waals surface area contributed by atoms with Crippen molar-refractivity contribution in [1.29, 1.82) is 0 Å². The van der Waals surface area contributed by atoms with Crippen molar-refractivity contribution in [3.05, 3.63) is 40.3 Å². The summed E-state index contributed by atoms with van der Waals surface area (Å²) < 4.78 is 15.2. The van der Waals surface area contributed by atoms with Crippen LogP contribution in [0.4, 0.5) is 5.00 Å². The molecule has 0 aliphatic carbocycles. The molecular formula is C16H17NO5S. The lowest BCUT2D eigenvalue weighted by molar-refractivity contribution is 0.0602. The highest BCUT2D eigenvalue weighted by atomic mass is 32.1. The number of para-hydroxylation sites is 1. The second-order valence-corrected chi connectivity index (χ2v) is 5.84. The third kappa shape index (κ3) is 3.45. The molecule has 0 fully saturated rings. The average molecular weight is 335 g/mol. The van der Waals surface area contributed by atoms with Crippen LogP contribution in [-0.4, -0.2) is 33.2 Å². The first-order chi connectivity index (χ1) is 11.0. The Kier molecular flexibility index (Phi) is 5.23. The Hall–Kier alpha value is -2.54. The molecule has 1 heterocycles. The Balaban J connectivity index is 2.35. The number of hydrogen-bond donors (Lipinski definition) is 1. The quantitative estimate of drug-likeness (QED) is 0.850. The van der Waals surface area contributed by atoms with Gasteiger partial charge in [-0.1, -0.05) is 6.07 Å². The lowest BCUT2D eigenvalue weighted by Gasteiger charge is -2.12. The number of carbonyl (C=O) groups excluding carboxylic acids is 2. The van der Waals surface area contributed by atoms with Gasteiger partial charge in [0.2, 0.25) is 0 Å². The molecule has 0 saturated carbocycles. The fraction of sp³-hybridized carbons (Fsp3) is 0.250. The molecule has 2 aromatic rings. The van der Waals surface area contributed by atoms with E-state index in [1.54, 1.807) is 24.3 Å².